The van der Waals surface area contributed by atoms with Crippen molar-refractivity contribution in [2.45, 2.75) is 38.6 Å². The molecule has 0 spiro atoms. The van der Waals surface area contributed by atoms with Gasteiger partial charge in [0.2, 0.25) is 0 Å². The molecule has 1 atom stereocenters. The van der Waals surface area contributed by atoms with Gasteiger partial charge in [0.25, 0.3) is 5.91 Å². The third kappa shape index (κ3) is 3.47. The van der Waals surface area contributed by atoms with Crippen molar-refractivity contribution < 1.29 is 19.5 Å². The van der Waals surface area contributed by atoms with Crippen LogP contribution in [-0.4, -0.2) is 33.8 Å². The Labute approximate surface area is 145 Å². The second kappa shape index (κ2) is 6.93. The monoisotopic (exact) mass is 340 g/mol. The van der Waals surface area contributed by atoms with Gasteiger partial charge in [-0.3, -0.25) is 9.59 Å². The first kappa shape index (κ1) is 17.0. The van der Waals surface area contributed by atoms with Gasteiger partial charge < -0.3 is 15.4 Å². The van der Waals surface area contributed by atoms with Gasteiger partial charge in [0.1, 0.15) is 11.7 Å². The number of carboxylic acid groups (broad SMARTS) is 1. The smallest absolute Gasteiger partial charge is 0.326 e. The number of ketones is 1. The highest BCUT2D eigenvalue weighted by Crippen LogP contribution is 2.26. The fourth-order valence-corrected chi connectivity index (χ4v) is 3.28. The molecule has 130 valence electrons. The molecule has 0 radical (unpaired) electrons. The number of benzene rings is 1. The number of hydrogen-bond donors (Lipinski definition) is 3. The van der Waals surface area contributed by atoms with Gasteiger partial charge in [-0.1, -0.05) is 30.3 Å². The Morgan fingerprint density at radius 2 is 1.96 bits per heavy atom. The first-order valence-corrected chi connectivity index (χ1v) is 8.29. The maximum absolute atomic E-state index is 12.6. The number of fused-ring (bicyclic) bond motifs is 1. The van der Waals surface area contributed by atoms with Crippen LogP contribution >= 0.6 is 0 Å². The highest BCUT2D eigenvalue weighted by atomic mass is 16.4. The Morgan fingerprint density at radius 1 is 1.24 bits per heavy atom. The van der Waals surface area contributed by atoms with E-state index >= 15 is 0 Å². The van der Waals surface area contributed by atoms with Crippen LogP contribution < -0.4 is 5.32 Å². The molecular formula is C19H20N2O4. The van der Waals surface area contributed by atoms with Gasteiger partial charge in [-0.15, -0.1) is 0 Å². The summed E-state index contributed by atoms with van der Waals surface area (Å²) in [7, 11) is 0. The van der Waals surface area contributed by atoms with Crippen LogP contribution in [0.4, 0.5) is 0 Å². The molecule has 0 bridgehead atoms. The van der Waals surface area contributed by atoms with E-state index in [0.717, 1.165) is 24.1 Å². The van der Waals surface area contributed by atoms with Crippen LogP contribution in [0.25, 0.3) is 0 Å². The molecular weight excluding hydrogens is 320 g/mol. The van der Waals surface area contributed by atoms with Crippen molar-refractivity contribution in [1.29, 1.82) is 0 Å². The molecule has 1 aliphatic rings. The number of carbonyl (C=O) groups is 3. The van der Waals surface area contributed by atoms with E-state index in [-0.39, 0.29) is 17.9 Å². The predicted octanol–water partition coefficient (Wildman–Crippen LogP) is 2.27. The minimum absolute atomic E-state index is 0.0353. The number of aliphatic carboxylic acids is 1. The summed E-state index contributed by atoms with van der Waals surface area (Å²) in [4.78, 5) is 39.2. The van der Waals surface area contributed by atoms with Gasteiger partial charge in [0, 0.05) is 24.1 Å². The Kier molecular flexibility index (Phi) is 4.70. The number of hydrogen-bond acceptors (Lipinski definition) is 3. The highest BCUT2D eigenvalue weighted by molar-refractivity contribution is 6.04. The Hall–Kier alpha value is -2.89. The normalized spacial score (nSPS) is 14.7. The molecule has 1 aromatic heterocycles. The van der Waals surface area contributed by atoms with Crippen LogP contribution in [0, 0.1) is 6.92 Å². The Morgan fingerprint density at radius 3 is 2.60 bits per heavy atom. The molecule has 3 rings (SSSR count). The number of aromatic amines is 1. The number of amides is 1. The van der Waals surface area contributed by atoms with Crippen LogP contribution in [0.1, 0.15) is 50.5 Å². The fraction of sp³-hybridized carbons (Fsp3) is 0.316. The lowest BCUT2D eigenvalue weighted by atomic mass is 9.94. The standard InChI is InChI=1S/C19H20N2O4/c1-11-16-13(8-5-9-15(16)22)20-17(11)18(23)21-14(19(24)25)10-12-6-3-2-4-7-12/h2-4,6-7,14,20H,5,8-10H2,1H3,(H,21,23)(H,24,25)/t14-/m0/s1. The number of carboxylic acids is 1. The summed E-state index contributed by atoms with van der Waals surface area (Å²) in [5.41, 5.74) is 3.06. The quantitative estimate of drug-likeness (QED) is 0.777. The number of rotatable bonds is 5. The topological polar surface area (TPSA) is 99.3 Å². The number of aryl methyl sites for hydroxylation is 1. The maximum Gasteiger partial charge on any atom is 0.326 e. The lowest BCUT2D eigenvalue weighted by Gasteiger charge is -2.14. The summed E-state index contributed by atoms with van der Waals surface area (Å²) in [6, 6.07) is 8.10. The second-order valence-electron chi connectivity index (χ2n) is 6.31. The minimum atomic E-state index is -1.10. The average molecular weight is 340 g/mol. The van der Waals surface area contributed by atoms with Crippen molar-refractivity contribution in [1.82, 2.24) is 10.3 Å². The highest BCUT2D eigenvalue weighted by Gasteiger charge is 2.28. The van der Waals surface area contributed by atoms with E-state index in [1.54, 1.807) is 6.92 Å². The molecule has 0 unspecified atom stereocenters. The van der Waals surface area contributed by atoms with Crippen LogP contribution in [0.15, 0.2) is 30.3 Å². The molecule has 6 nitrogen and oxygen atoms in total. The van der Waals surface area contributed by atoms with E-state index < -0.39 is 17.9 Å². The summed E-state index contributed by atoms with van der Waals surface area (Å²) in [6.07, 6.45) is 2.17. The van der Waals surface area contributed by atoms with Crippen LogP contribution in [0.3, 0.4) is 0 Å². The summed E-state index contributed by atoms with van der Waals surface area (Å²) < 4.78 is 0. The molecule has 6 heteroatoms. The van der Waals surface area contributed by atoms with E-state index in [4.69, 9.17) is 0 Å². The lowest BCUT2D eigenvalue weighted by Crippen LogP contribution is -2.42. The number of aromatic nitrogens is 1. The second-order valence-corrected chi connectivity index (χ2v) is 6.31. The third-order valence-corrected chi connectivity index (χ3v) is 4.55. The van der Waals surface area contributed by atoms with E-state index in [1.807, 2.05) is 30.3 Å². The van der Waals surface area contributed by atoms with Gasteiger partial charge in [0.15, 0.2) is 5.78 Å². The fourth-order valence-electron chi connectivity index (χ4n) is 3.28. The van der Waals surface area contributed by atoms with Crippen molar-refractivity contribution >= 4 is 17.7 Å². The third-order valence-electron chi connectivity index (χ3n) is 4.55. The van der Waals surface area contributed by atoms with Crippen molar-refractivity contribution in [3.63, 3.8) is 0 Å². The molecule has 3 N–H and O–H groups in total. The molecule has 0 aliphatic heterocycles. The zero-order valence-corrected chi connectivity index (χ0v) is 14.0. The van der Waals surface area contributed by atoms with E-state index in [9.17, 15) is 19.5 Å². The number of H-pyrrole nitrogens is 1. The zero-order chi connectivity index (χ0) is 18.0. The molecule has 0 saturated heterocycles. The molecule has 1 amide bonds. The van der Waals surface area contributed by atoms with Crippen LogP contribution in [-0.2, 0) is 17.6 Å². The first-order valence-electron chi connectivity index (χ1n) is 8.29. The van der Waals surface area contributed by atoms with Crippen molar-refractivity contribution in [3.8, 4) is 0 Å². The predicted molar refractivity (Wildman–Crippen MR) is 91.8 cm³/mol. The summed E-state index contributed by atoms with van der Waals surface area (Å²) in [5, 5.41) is 12.0. The van der Waals surface area contributed by atoms with E-state index in [0.29, 0.717) is 17.5 Å². The Balaban J connectivity index is 1.80. The largest absolute Gasteiger partial charge is 0.480 e. The molecule has 2 aromatic rings. The van der Waals surface area contributed by atoms with Crippen LogP contribution in [0.2, 0.25) is 0 Å². The van der Waals surface area contributed by atoms with Gasteiger partial charge in [-0.25, -0.2) is 4.79 Å². The summed E-state index contributed by atoms with van der Waals surface area (Å²) in [5.74, 6) is -1.56. The van der Waals surface area contributed by atoms with Crippen LogP contribution in [0.5, 0.6) is 0 Å². The number of carbonyl (C=O) groups excluding carboxylic acids is 2. The SMILES string of the molecule is Cc1c(C(=O)N[C@@H](Cc2ccccc2)C(=O)O)[nH]c2c1C(=O)CCC2. The maximum atomic E-state index is 12.6. The molecule has 0 fully saturated rings. The van der Waals surface area contributed by atoms with Crippen molar-refractivity contribution in [3.05, 3.63) is 58.4 Å². The van der Waals surface area contributed by atoms with Gasteiger partial charge in [-0.05, 0) is 30.9 Å². The summed E-state index contributed by atoms with van der Waals surface area (Å²) in [6.45, 7) is 1.72. The van der Waals surface area contributed by atoms with Gasteiger partial charge in [0.05, 0.1) is 0 Å². The van der Waals surface area contributed by atoms with E-state index in [2.05, 4.69) is 10.3 Å². The molecule has 25 heavy (non-hydrogen) atoms. The minimum Gasteiger partial charge on any atom is -0.480 e. The molecule has 0 saturated carbocycles. The van der Waals surface area contributed by atoms with Crippen molar-refractivity contribution in [2.24, 2.45) is 0 Å². The zero-order valence-electron chi connectivity index (χ0n) is 14.0. The van der Waals surface area contributed by atoms with Crippen molar-refractivity contribution in [2.75, 3.05) is 0 Å². The summed E-state index contributed by atoms with van der Waals surface area (Å²) >= 11 is 0. The lowest BCUT2D eigenvalue weighted by molar-refractivity contribution is -0.139. The van der Waals surface area contributed by atoms with E-state index in [1.165, 1.54) is 0 Å². The first-order chi connectivity index (χ1) is 12.0. The number of Topliss-reactive ketones (excluding diaryl/α,β-unsaturated/α-hetero) is 1. The van der Waals surface area contributed by atoms with Gasteiger partial charge >= 0.3 is 5.97 Å². The van der Waals surface area contributed by atoms with Gasteiger partial charge in [-0.2, -0.15) is 0 Å². The number of nitrogens with one attached hydrogen (secondary N) is 2. The molecule has 1 aliphatic carbocycles. The molecule has 1 aromatic carbocycles. The average Bonchev–Trinajstić information content (AvgIpc) is 2.93. The molecule has 1 heterocycles. The Bertz CT molecular complexity index is 823.